The molecular weight excluding hydrogens is 384 g/mol. The maximum absolute atomic E-state index is 13.0. The Morgan fingerprint density at radius 3 is 2.78 bits per heavy atom. The first-order valence-corrected chi connectivity index (χ1v) is 10.2. The summed E-state index contributed by atoms with van der Waals surface area (Å²) in [6.07, 6.45) is 1.92. The van der Waals surface area contributed by atoms with Crippen molar-refractivity contribution in [3.8, 4) is 11.5 Å². The molecule has 27 heavy (non-hydrogen) atoms. The van der Waals surface area contributed by atoms with Crippen LogP contribution in [0.5, 0.6) is 11.5 Å². The molecule has 1 aliphatic heterocycles. The predicted molar refractivity (Wildman–Crippen MR) is 109 cm³/mol. The highest BCUT2D eigenvalue weighted by Gasteiger charge is 2.32. The molecule has 7 heteroatoms. The molecule has 0 N–H and O–H groups in total. The highest BCUT2D eigenvalue weighted by molar-refractivity contribution is 7.16. The topological polar surface area (TPSA) is 42.0 Å². The van der Waals surface area contributed by atoms with Gasteiger partial charge in [0.05, 0.1) is 31.1 Å². The van der Waals surface area contributed by atoms with E-state index in [-0.39, 0.29) is 11.9 Å². The van der Waals surface area contributed by atoms with Gasteiger partial charge in [0.2, 0.25) is 5.91 Å². The normalized spacial score (nSPS) is 16.8. The molecule has 0 radical (unpaired) electrons. The van der Waals surface area contributed by atoms with Crippen LogP contribution in [0.2, 0.25) is 4.34 Å². The number of hydrogen-bond acceptors (Lipinski definition) is 5. The summed E-state index contributed by atoms with van der Waals surface area (Å²) in [5, 5.41) is 0. The summed E-state index contributed by atoms with van der Waals surface area (Å²) >= 11 is 7.55. The third kappa shape index (κ3) is 4.75. The van der Waals surface area contributed by atoms with Gasteiger partial charge in [0.25, 0.3) is 0 Å². The van der Waals surface area contributed by atoms with Crippen molar-refractivity contribution in [1.29, 1.82) is 0 Å². The number of ether oxygens (including phenoxy) is 2. The van der Waals surface area contributed by atoms with Crippen molar-refractivity contribution in [3.05, 3.63) is 45.1 Å². The second-order valence-electron chi connectivity index (χ2n) is 6.73. The van der Waals surface area contributed by atoms with E-state index >= 15 is 0 Å². The summed E-state index contributed by atoms with van der Waals surface area (Å²) < 4.78 is 11.7. The van der Waals surface area contributed by atoms with E-state index < -0.39 is 0 Å². The number of likely N-dealkylation sites (tertiary alicyclic amines) is 1. The van der Waals surface area contributed by atoms with Gasteiger partial charge < -0.3 is 14.4 Å². The van der Waals surface area contributed by atoms with Crippen LogP contribution in [0.25, 0.3) is 0 Å². The lowest BCUT2D eigenvalue weighted by molar-refractivity contribution is -0.133. The minimum atomic E-state index is 0.0205. The standard InChI is InChI=1S/C20H25ClN2O3S/c1-22(12-15-7-9-19(21)27-15)13-20(24)23-10-4-5-17(23)16-11-14(25-2)6-8-18(16)26-3/h6-9,11,17H,4-5,10,12-13H2,1-3H3. The van der Waals surface area contributed by atoms with Gasteiger partial charge >= 0.3 is 0 Å². The molecule has 0 spiro atoms. The average Bonchev–Trinajstić information content (AvgIpc) is 3.30. The van der Waals surface area contributed by atoms with Crippen LogP contribution in [0.4, 0.5) is 0 Å². The van der Waals surface area contributed by atoms with Gasteiger partial charge in [0.1, 0.15) is 11.5 Å². The molecule has 1 fully saturated rings. The van der Waals surface area contributed by atoms with Crippen LogP contribution in [-0.2, 0) is 11.3 Å². The molecule has 1 saturated heterocycles. The highest BCUT2D eigenvalue weighted by atomic mass is 35.5. The number of thiophene rings is 1. The van der Waals surface area contributed by atoms with Gasteiger partial charge in [-0.05, 0) is 50.2 Å². The number of methoxy groups -OCH3 is 2. The lowest BCUT2D eigenvalue weighted by Gasteiger charge is -2.28. The zero-order valence-corrected chi connectivity index (χ0v) is 17.5. The Bertz CT molecular complexity index is 795. The van der Waals surface area contributed by atoms with Gasteiger partial charge in [-0.1, -0.05) is 11.6 Å². The van der Waals surface area contributed by atoms with E-state index in [4.69, 9.17) is 21.1 Å². The van der Waals surface area contributed by atoms with Crippen molar-refractivity contribution in [2.75, 3.05) is 34.4 Å². The maximum atomic E-state index is 13.0. The lowest BCUT2D eigenvalue weighted by atomic mass is 10.0. The van der Waals surface area contributed by atoms with E-state index in [1.807, 2.05) is 47.2 Å². The number of hydrogen-bond donors (Lipinski definition) is 0. The Balaban J connectivity index is 1.71. The summed E-state index contributed by atoms with van der Waals surface area (Å²) in [5.41, 5.74) is 1.01. The van der Waals surface area contributed by atoms with E-state index in [9.17, 15) is 4.79 Å². The van der Waals surface area contributed by atoms with Gasteiger partial charge in [-0.15, -0.1) is 11.3 Å². The molecule has 2 heterocycles. The average molecular weight is 409 g/mol. The molecular formula is C20H25ClN2O3S. The van der Waals surface area contributed by atoms with E-state index in [0.29, 0.717) is 13.1 Å². The Labute approximate surface area is 169 Å². The number of benzene rings is 1. The fourth-order valence-corrected chi connectivity index (χ4v) is 4.74. The SMILES string of the molecule is COc1ccc(OC)c(C2CCCN2C(=O)CN(C)Cc2ccc(Cl)s2)c1. The fraction of sp³-hybridized carbons (Fsp3) is 0.450. The quantitative estimate of drug-likeness (QED) is 0.688. The molecule has 2 aromatic rings. The molecule has 1 aliphatic rings. The predicted octanol–water partition coefficient (Wildman–Crippen LogP) is 4.21. The van der Waals surface area contributed by atoms with Crippen molar-refractivity contribution in [2.24, 2.45) is 0 Å². The number of rotatable bonds is 7. The Kier molecular flexibility index (Phi) is 6.63. The van der Waals surface area contributed by atoms with E-state index in [0.717, 1.165) is 45.7 Å². The Morgan fingerprint density at radius 2 is 2.11 bits per heavy atom. The zero-order chi connectivity index (χ0) is 19.4. The van der Waals surface area contributed by atoms with Crippen molar-refractivity contribution in [3.63, 3.8) is 0 Å². The molecule has 0 bridgehead atoms. The molecule has 5 nitrogen and oxygen atoms in total. The van der Waals surface area contributed by atoms with E-state index in [1.54, 1.807) is 25.6 Å². The van der Waals surface area contributed by atoms with Crippen molar-refractivity contribution in [2.45, 2.75) is 25.4 Å². The number of nitrogens with zero attached hydrogens (tertiary/aromatic N) is 2. The van der Waals surface area contributed by atoms with Gasteiger partial charge in [-0.2, -0.15) is 0 Å². The Morgan fingerprint density at radius 1 is 1.30 bits per heavy atom. The molecule has 1 aromatic carbocycles. The smallest absolute Gasteiger partial charge is 0.237 e. The van der Waals surface area contributed by atoms with Crippen molar-refractivity contribution in [1.82, 2.24) is 9.80 Å². The fourth-order valence-electron chi connectivity index (χ4n) is 3.57. The number of carbonyl (C=O) groups excluding carboxylic acids is 1. The first-order chi connectivity index (χ1) is 13.0. The summed E-state index contributed by atoms with van der Waals surface area (Å²) in [6, 6.07) is 9.68. The summed E-state index contributed by atoms with van der Waals surface area (Å²) in [5.74, 6) is 1.70. The molecule has 1 amide bonds. The molecule has 146 valence electrons. The van der Waals surface area contributed by atoms with Gasteiger partial charge in [0, 0.05) is 23.5 Å². The van der Waals surface area contributed by atoms with Crippen LogP contribution in [0.1, 0.15) is 29.3 Å². The van der Waals surface area contributed by atoms with E-state index in [1.165, 1.54) is 0 Å². The first kappa shape index (κ1) is 20.0. The monoisotopic (exact) mass is 408 g/mol. The van der Waals surface area contributed by atoms with Crippen LogP contribution >= 0.6 is 22.9 Å². The molecule has 1 atom stereocenters. The molecule has 0 saturated carbocycles. The molecule has 0 aliphatic carbocycles. The van der Waals surface area contributed by atoms with Crippen LogP contribution in [0.3, 0.4) is 0 Å². The number of halogens is 1. The summed E-state index contributed by atoms with van der Waals surface area (Å²) in [4.78, 5) is 18.1. The van der Waals surface area contributed by atoms with Crippen LogP contribution in [-0.4, -0.2) is 50.1 Å². The van der Waals surface area contributed by atoms with Crippen LogP contribution in [0, 0.1) is 0 Å². The second-order valence-corrected chi connectivity index (χ2v) is 8.53. The minimum Gasteiger partial charge on any atom is -0.497 e. The van der Waals surface area contributed by atoms with Gasteiger partial charge in [-0.3, -0.25) is 9.69 Å². The lowest BCUT2D eigenvalue weighted by Crippen LogP contribution is -2.38. The molecule has 3 rings (SSSR count). The van der Waals surface area contributed by atoms with Crippen LogP contribution < -0.4 is 9.47 Å². The van der Waals surface area contributed by atoms with E-state index in [2.05, 4.69) is 0 Å². The summed E-state index contributed by atoms with van der Waals surface area (Å²) in [6.45, 7) is 1.85. The molecule has 1 aromatic heterocycles. The highest BCUT2D eigenvalue weighted by Crippen LogP contribution is 2.39. The summed E-state index contributed by atoms with van der Waals surface area (Å²) in [7, 11) is 5.27. The minimum absolute atomic E-state index is 0.0205. The third-order valence-corrected chi connectivity index (χ3v) is 6.04. The van der Waals surface area contributed by atoms with Crippen molar-refractivity contribution >= 4 is 28.8 Å². The largest absolute Gasteiger partial charge is 0.497 e. The van der Waals surface area contributed by atoms with Gasteiger partial charge in [-0.25, -0.2) is 0 Å². The van der Waals surface area contributed by atoms with Gasteiger partial charge in [0.15, 0.2) is 0 Å². The van der Waals surface area contributed by atoms with Crippen molar-refractivity contribution < 1.29 is 14.3 Å². The molecule has 1 unspecified atom stereocenters. The number of likely N-dealkylation sites (N-methyl/N-ethyl adjacent to an activating group) is 1. The Hall–Kier alpha value is -1.76. The second kappa shape index (κ2) is 8.95. The number of carbonyl (C=O) groups is 1. The number of amides is 1. The third-order valence-electron chi connectivity index (χ3n) is 4.83. The zero-order valence-electron chi connectivity index (χ0n) is 15.9. The van der Waals surface area contributed by atoms with Crippen LogP contribution in [0.15, 0.2) is 30.3 Å². The first-order valence-electron chi connectivity index (χ1n) is 8.96. The maximum Gasteiger partial charge on any atom is 0.237 e.